The number of aliphatic hydroxyl groups is 1. The molecule has 0 radical (unpaired) electrons. The van der Waals surface area contributed by atoms with Crippen molar-refractivity contribution < 1.29 is 5.11 Å². The molecule has 0 bridgehead atoms. The molecule has 0 amide bonds. The van der Waals surface area contributed by atoms with Crippen LogP contribution in [0.1, 0.15) is 5.69 Å². The number of pyridine rings is 2. The van der Waals surface area contributed by atoms with Crippen LogP contribution >= 0.6 is 15.9 Å². The molecule has 0 saturated heterocycles. The van der Waals surface area contributed by atoms with Crippen LogP contribution in [0.5, 0.6) is 0 Å². The largest absolute Gasteiger partial charge is 0.390 e. The van der Waals surface area contributed by atoms with Gasteiger partial charge in [0.2, 0.25) is 0 Å². The molecule has 0 aliphatic heterocycles. The van der Waals surface area contributed by atoms with Crippen LogP contribution in [-0.4, -0.2) is 15.1 Å². The molecule has 0 atom stereocenters. The number of fused-ring (bicyclic) bond motifs is 1. The molecular formula is C9H7BrN2O. The lowest BCUT2D eigenvalue weighted by molar-refractivity contribution is 0.277. The Hall–Kier alpha value is -1.00. The fraction of sp³-hybridized carbons (Fsp3) is 0.111. The van der Waals surface area contributed by atoms with Crippen LogP contribution in [0.3, 0.4) is 0 Å². The molecule has 2 aromatic heterocycles. The Labute approximate surface area is 83.6 Å². The van der Waals surface area contributed by atoms with Crippen molar-refractivity contribution in [2.75, 3.05) is 0 Å². The average Bonchev–Trinajstić information content (AvgIpc) is 2.18. The van der Waals surface area contributed by atoms with Crippen LogP contribution in [-0.2, 0) is 6.61 Å². The lowest BCUT2D eigenvalue weighted by atomic mass is 10.2. The van der Waals surface area contributed by atoms with Gasteiger partial charge in [-0.3, -0.25) is 4.98 Å². The molecule has 3 nitrogen and oxygen atoms in total. The number of rotatable bonds is 1. The average molecular weight is 239 g/mol. The third-order valence-electron chi connectivity index (χ3n) is 1.77. The molecule has 0 saturated carbocycles. The molecule has 0 spiro atoms. The number of aliphatic hydroxyl groups excluding tert-OH is 1. The predicted molar refractivity (Wildman–Crippen MR) is 53.2 cm³/mol. The first-order chi connectivity index (χ1) is 6.31. The standard InChI is InChI=1S/C9H7BrN2O/c10-8-4-11-3-6-1-2-7(5-13)12-9(6)8/h1-4,13H,5H2. The zero-order chi connectivity index (χ0) is 9.26. The van der Waals surface area contributed by atoms with Gasteiger partial charge in [-0.05, 0) is 28.1 Å². The molecular weight excluding hydrogens is 232 g/mol. The summed E-state index contributed by atoms with van der Waals surface area (Å²) >= 11 is 3.35. The van der Waals surface area contributed by atoms with E-state index in [2.05, 4.69) is 25.9 Å². The third kappa shape index (κ3) is 1.55. The zero-order valence-corrected chi connectivity index (χ0v) is 8.32. The summed E-state index contributed by atoms with van der Waals surface area (Å²) < 4.78 is 0.848. The van der Waals surface area contributed by atoms with Gasteiger partial charge in [-0.25, -0.2) is 4.98 Å². The second kappa shape index (κ2) is 3.40. The van der Waals surface area contributed by atoms with E-state index in [4.69, 9.17) is 5.11 Å². The van der Waals surface area contributed by atoms with Gasteiger partial charge >= 0.3 is 0 Å². The zero-order valence-electron chi connectivity index (χ0n) is 6.74. The molecule has 0 aliphatic carbocycles. The van der Waals surface area contributed by atoms with Crippen molar-refractivity contribution >= 4 is 26.8 Å². The summed E-state index contributed by atoms with van der Waals surface area (Å²) in [5.74, 6) is 0. The quantitative estimate of drug-likeness (QED) is 0.826. The molecule has 66 valence electrons. The van der Waals surface area contributed by atoms with Crippen LogP contribution in [0.15, 0.2) is 29.0 Å². The van der Waals surface area contributed by atoms with Crippen LogP contribution in [0.2, 0.25) is 0 Å². The van der Waals surface area contributed by atoms with Crippen molar-refractivity contribution in [2.45, 2.75) is 6.61 Å². The first kappa shape index (κ1) is 8.59. The van der Waals surface area contributed by atoms with Crippen LogP contribution in [0.4, 0.5) is 0 Å². The minimum atomic E-state index is -0.0370. The number of aromatic nitrogens is 2. The van der Waals surface area contributed by atoms with Crippen molar-refractivity contribution in [2.24, 2.45) is 0 Å². The Morgan fingerprint density at radius 1 is 1.31 bits per heavy atom. The smallest absolute Gasteiger partial charge is 0.0879 e. The van der Waals surface area contributed by atoms with Gasteiger partial charge in [-0.1, -0.05) is 0 Å². The van der Waals surface area contributed by atoms with Crippen molar-refractivity contribution in [3.63, 3.8) is 0 Å². The Balaban J connectivity index is 2.74. The highest BCUT2D eigenvalue weighted by molar-refractivity contribution is 9.10. The number of hydrogen-bond donors (Lipinski definition) is 1. The lowest BCUT2D eigenvalue weighted by Gasteiger charge is -2.00. The Kier molecular flexibility index (Phi) is 2.24. The van der Waals surface area contributed by atoms with Gasteiger partial charge in [-0.15, -0.1) is 0 Å². The Morgan fingerprint density at radius 2 is 2.15 bits per heavy atom. The highest BCUT2D eigenvalue weighted by Crippen LogP contribution is 2.20. The maximum absolute atomic E-state index is 8.89. The Bertz CT molecular complexity index is 445. The fourth-order valence-electron chi connectivity index (χ4n) is 1.14. The van der Waals surface area contributed by atoms with E-state index >= 15 is 0 Å². The molecule has 0 fully saturated rings. The molecule has 0 aliphatic rings. The second-order valence-corrected chi connectivity index (χ2v) is 3.51. The topological polar surface area (TPSA) is 46.0 Å². The Morgan fingerprint density at radius 3 is 2.92 bits per heavy atom. The lowest BCUT2D eigenvalue weighted by Crippen LogP contribution is -1.90. The van der Waals surface area contributed by atoms with E-state index in [1.807, 2.05) is 6.07 Å². The van der Waals surface area contributed by atoms with E-state index in [9.17, 15) is 0 Å². The minimum Gasteiger partial charge on any atom is -0.390 e. The summed E-state index contributed by atoms with van der Waals surface area (Å²) in [7, 11) is 0. The van der Waals surface area contributed by atoms with Crippen molar-refractivity contribution in [3.8, 4) is 0 Å². The molecule has 2 aromatic rings. The first-order valence-corrected chi connectivity index (χ1v) is 4.60. The third-order valence-corrected chi connectivity index (χ3v) is 2.35. The molecule has 2 rings (SSSR count). The van der Waals surface area contributed by atoms with Gasteiger partial charge in [0.15, 0.2) is 0 Å². The highest BCUT2D eigenvalue weighted by Gasteiger charge is 2.00. The summed E-state index contributed by atoms with van der Waals surface area (Å²) in [5.41, 5.74) is 1.50. The van der Waals surface area contributed by atoms with Crippen LogP contribution in [0, 0.1) is 0 Å². The first-order valence-electron chi connectivity index (χ1n) is 3.81. The maximum atomic E-state index is 8.89. The maximum Gasteiger partial charge on any atom is 0.0879 e. The van der Waals surface area contributed by atoms with Crippen LogP contribution < -0.4 is 0 Å². The number of hydrogen-bond acceptors (Lipinski definition) is 3. The van der Waals surface area contributed by atoms with Gasteiger partial charge in [-0.2, -0.15) is 0 Å². The van der Waals surface area contributed by atoms with E-state index < -0.39 is 0 Å². The molecule has 4 heteroatoms. The van der Waals surface area contributed by atoms with Crippen LogP contribution in [0.25, 0.3) is 10.9 Å². The fourth-order valence-corrected chi connectivity index (χ4v) is 1.57. The number of nitrogens with zero attached hydrogens (tertiary/aromatic N) is 2. The van der Waals surface area contributed by atoms with E-state index in [1.165, 1.54) is 0 Å². The minimum absolute atomic E-state index is 0.0370. The van der Waals surface area contributed by atoms with Gasteiger partial charge in [0.25, 0.3) is 0 Å². The molecule has 1 N–H and O–H groups in total. The molecule has 2 heterocycles. The van der Waals surface area contributed by atoms with E-state index in [0.717, 1.165) is 15.4 Å². The van der Waals surface area contributed by atoms with Crippen molar-refractivity contribution in [1.29, 1.82) is 0 Å². The summed E-state index contributed by atoms with van der Waals surface area (Å²) in [4.78, 5) is 8.27. The highest BCUT2D eigenvalue weighted by atomic mass is 79.9. The summed E-state index contributed by atoms with van der Waals surface area (Å²) in [6.45, 7) is -0.0370. The van der Waals surface area contributed by atoms with E-state index in [1.54, 1.807) is 18.5 Å². The summed E-state index contributed by atoms with van der Waals surface area (Å²) in [5, 5.41) is 9.86. The van der Waals surface area contributed by atoms with Gasteiger partial charge < -0.3 is 5.11 Å². The van der Waals surface area contributed by atoms with E-state index in [-0.39, 0.29) is 6.61 Å². The van der Waals surface area contributed by atoms with Gasteiger partial charge in [0.05, 0.1) is 22.3 Å². The van der Waals surface area contributed by atoms with Gasteiger partial charge in [0, 0.05) is 17.8 Å². The summed E-state index contributed by atoms with van der Waals surface area (Å²) in [6.07, 6.45) is 3.44. The van der Waals surface area contributed by atoms with Gasteiger partial charge in [0.1, 0.15) is 0 Å². The van der Waals surface area contributed by atoms with E-state index in [0.29, 0.717) is 5.69 Å². The van der Waals surface area contributed by atoms with Crippen molar-refractivity contribution in [3.05, 3.63) is 34.7 Å². The summed E-state index contributed by atoms with van der Waals surface area (Å²) in [6, 6.07) is 3.68. The monoisotopic (exact) mass is 238 g/mol. The predicted octanol–water partition coefficient (Wildman–Crippen LogP) is 1.88. The molecule has 0 aromatic carbocycles. The second-order valence-electron chi connectivity index (χ2n) is 2.65. The SMILES string of the molecule is OCc1ccc2cncc(Br)c2n1. The normalized spacial score (nSPS) is 10.6. The molecule has 13 heavy (non-hydrogen) atoms. The molecule has 0 unspecified atom stereocenters. The van der Waals surface area contributed by atoms with Crippen molar-refractivity contribution in [1.82, 2.24) is 9.97 Å². The number of halogens is 1.